The molecule has 0 aliphatic carbocycles. The number of halogens is 1. The summed E-state index contributed by atoms with van der Waals surface area (Å²) in [6.07, 6.45) is 3.97. The summed E-state index contributed by atoms with van der Waals surface area (Å²) < 4.78 is 1.83. The van der Waals surface area contributed by atoms with Crippen molar-refractivity contribution in [2.45, 2.75) is 25.9 Å². The summed E-state index contributed by atoms with van der Waals surface area (Å²) in [4.78, 5) is 24.1. The van der Waals surface area contributed by atoms with Crippen LogP contribution in [0.15, 0.2) is 67.0 Å². The second-order valence-electron chi connectivity index (χ2n) is 6.24. The number of hydrogen-bond donors (Lipinski definition) is 1. The van der Waals surface area contributed by atoms with E-state index in [1.165, 1.54) is 0 Å². The number of aromatic nitrogens is 2. The molecule has 0 fully saturated rings. The lowest BCUT2D eigenvalue weighted by atomic mass is 10.1. The third-order valence-electron chi connectivity index (χ3n) is 4.11. The fourth-order valence-electron chi connectivity index (χ4n) is 2.65. The zero-order valence-electron chi connectivity index (χ0n) is 14.8. The Kier molecular flexibility index (Phi) is 6.39. The fraction of sp³-hybridized carbons (Fsp3) is 0.190. The van der Waals surface area contributed by atoms with E-state index in [0.29, 0.717) is 23.7 Å². The van der Waals surface area contributed by atoms with Crippen molar-refractivity contribution in [2.75, 3.05) is 0 Å². The normalized spacial score (nSPS) is 10.6. The average molecular weight is 382 g/mol. The minimum Gasteiger partial charge on any atom is -0.352 e. The first-order valence-electron chi connectivity index (χ1n) is 8.71. The first-order chi connectivity index (χ1) is 13.1. The highest BCUT2D eigenvalue weighted by Crippen LogP contribution is 2.12. The van der Waals surface area contributed by atoms with Gasteiger partial charge >= 0.3 is 0 Å². The highest BCUT2D eigenvalue weighted by molar-refractivity contribution is 6.30. The van der Waals surface area contributed by atoms with Crippen LogP contribution >= 0.6 is 11.6 Å². The summed E-state index contributed by atoms with van der Waals surface area (Å²) in [7, 11) is 0. The van der Waals surface area contributed by atoms with Crippen molar-refractivity contribution in [1.82, 2.24) is 15.1 Å². The largest absolute Gasteiger partial charge is 0.352 e. The van der Waals surface area contributed by atoms with Gasteiger partial charge in [0.15, 0.2) is 5.78 Å². The van der Waals surface area contributed by atoms with Gasteiger partial charge in [0.2, 0.25) is 5.91 Å². The predicted octanol–water partition coefficient (Wildman–Crippen LogP) is 3.86. The molecule has 1 amide bonds. The number of hydrogen-bond acceptors (Lipinski definition) is 3. The monoisotopic (exact) mass is 381 g/mol. The molecule has 2 aromatic carbocycles. The van der Waals surface area contributed by atoms with Gasteiger partial charge in [0.25, 0.3) is 0 Å². The first-order valence-corrected chi connectivity index (χ1v) is 9.08. The molecule has 0 bridgehead atoms. The Hall–Kier alpha value is -2.92. The van der Waals surface area contributed by atoms with E-state index in [0.717, 1.165) is 11.1 Å². The van der Waals surface area contributed by atoms with Gasteiger partial charge in [-0.2, -0.15) is 5.10 Å². The summed E-state index contributed by atoms with van der Waals surface area (Å²) in [6, 6.07) is 16.7. The van der Waals surface area contributed by atoms with E-state index in [1.807, 2.05) is 41.2 Å². The van der Waals surface area contributed by atoms with Crippen LogP contribution in [0.1, 0.15) is 34.3 Å². The van der Waals surface area contributed by atoms with E-state index in [-0.39, 0.29) is 24.5 Å². The van der Waals surface area contributed by atoms with Gasteiger partial charge in [-0.15, -0.1) is 0 Å². The number of carbonyl (C=O) groups is 2. The Morgan fingerprint density at radius 1 is 0.963 bits per heavy atom. The van der Waals surface area contributed by atoms with Crippen molar-refractivity contribution in [3.8, 4) is 0 Å². The van der Waals surface area contributed by atoms with Crippen molar-refractivity contribution in [2.24, 2.45) is 0 Å². The van der Waals surface area contributed by atoms with Crippen LogP contribution in [-0.2, 0) is 17.9 Å². The van der Waals surface area contributed by atoms with E-state index in [1.54, 1.807) is 30.5 Å². The molecule has 0 unspecified atom stereocenters. The second kappa shape index (κ2) is 9.14. The minimum atomic E-state index is -0.159. The quantitative estimate of drug-likeness (QED) is 0.602. The fourth-order valence-corrected chi connectivity index (χ4v) is 2.78. The molecule has 0 aliphatic heterocycles. The third kappa shape index (κ3) is 5.79. The lowest BCUT2D eigenvalue weighted by Gasteiger charge is -2.04. The molecule has 0 spiro atoms. The summed E-state index contributed by atoms with van der Waals surface area (Å²) in [5, 5.41) is 7.72. The van der Waals surface area contributed by atoms with Crippen LogP contribution in [0.2, 0.25) is 5.02 Å². The molecule has 1 N–H and O–H groups in total. The predicted molar refractivity (Wildman–Crippen MR) is 105 cm³/mol. The molecule has 138 valence electrons. The van der Waals surface area contributed by atoms with Gasteiger partial charge in [0.1, 0.15) is 0 Å². The second-order valence-corrected chi connectivity index (χ2v) is 6.67. The Morgan fingerprint density at radius 2 is 1.70 bits per heavy atom. The molecule has 0 radical (unpaired) electrons. The van der Waals surface area contributed by atoms with Gasteiger partial charge in [0, 0.05) is 41.7 Å². The number of ketones is 1. The van der Waals surface area contributed by atoms with Crippen molar-refractivity contribution in [3.05, 3.63) is 88.7 Å². The number of Topliss-reactive ketones (excluding diaryl/α,β-unsaturated/α-hetero) is 1. The molecule has 27 heavy (non-hydrogen) atoms. The Morgan fingerprint density at radius 3 is 2.44 bits per heavy atom. The van der Waals surface area contributed by atoms with E-state index < -0.39 is 0 Å². The number of carbonyl (C=O) groups excluding carboxylic acids is 2. The summed E-state index contributed by atoms with van der Waals surface area (Å²) in [6.45, 7) is 1.08. The van der Waals surface area contributed by atoms with Crippen LogP contribution in [0.25, 0.3) is 0 Å². The van der Waals surface area contributed by atoms with Crippen LogP contribution in [-0.4, -0.2) is 21.5 Å². The maximum atomic E-state index is 12.1. The number of nitrogens with zero attached hydrogens (tertiary/aromatic N) is 2. The van der Waals surface area contributed by atoms with Crippen molar-refractivity contribution in [1.29, 1.82) is 0 Å². The zero-order chi connectivity index (χ0) is 19.1. The number of benzene rings is 2. The molecule has 5 nitrogen and oxygen atoms in total. The molecular weight excluding hydrogens is 362 g/mol. The minimum absolute atomic E-state index is 0.0718. The third-order valence-corrected chi connectivity index (χ3v) is 4.36. The Bertz CT molecular complexity index is 905. The lowest BCUT2D eigenvalue weighted by Crippen LogP contribution is -2.23. The lowest BCUT2D eigenvalue weighted by molar-refractivity contribution is -0.121. The Balaban J connectivity index is 1.42. The summed E-state index contributed by atoms with van der Waals surface area (Å²) >= 11 is 5.81. The first kappa shape index (κ1) is 18.9. The topological polar surface area (TPSA) is 64.0 Å². The van der Waals surface area contributed by atoms with Gasteiger partial charge in [-0.3, -0.25) is 14.3 Å². The van der Waals surface area contributed by atoms with Gasteiger partial charge in [-0.05, 0) is 29.8 Å². The highest BCUT2D eigenvalue weighted by atomic mass is 35.5. The molecule has 6 heteroatoms. The highest BCUT2D eigenvalue weighted by Gasteiger charge is 2.10. The molecular formula is C21H20ClN3O2. The SMILES string of the molecule is O=C(CCC(=O)c1ccc(Cl)cc1)NCc1cnn(Cc2ccccc2)c1. The van der Waals surface area contributed by atoms with Gasteiger partial charge in [-0.25, -0.2) is 0 Å². The van der Waals surface area contributed by atoms with Crippen LogP contribution in [0.3, 0.4) is 0 Å². The molecule has 3 rings (SSSR count). The summed E-state index contributed by atoms with van der Waals surface area (Å²) in [5.74, 6) is -0.231. The molecule has 0 saturated carbocycles. The average Bonchev–Trinajstić information content (AvgIpc) is 3.13. The van der Waals surface area contributed by atoms with E-state index in [2.05, 4.69) is 10.4 Å². The van der Waals surface area contributed by atoms with Crippen molar-refractivity contribution in [3.63, 3.8) is 0 Å². The summed E-state index contributed by atoms with van der Waals surface area (Å²) in [5.41, 5.74) is 2.65. The Labute approximate surface area is 163 Å². The standard InChI is InChI=1S/C21H20ClN3O2/c22-19-8-6-18(7-9-19)20(26)10-11-21(27)23-12-17-13-24-25(15-17)14-16-4-2-1-3-5-16/h1-9,13,15H,10-12,14H2,(H,23,27). The van der Waals surface area contributed by atoms with Crippen LogP contribution < -0.4 is 5.32 Å². The van der Waals surface area contributed by atoms with Crippen LogP contribution in [0, 0.1) is 0 Å². The molecule has 3 aromatic rings. The molecule has 1 aromatic heterocycles. The smallest absolute Gasteiger partial charge is 0.220 e. The van der Waals surface area contributed by atoms with E-state index >= 15 is 0 Å². The van der Waals surface area contributed by atoms with Crippen molar-refractivity contribution >= 4 is 23.3 Å². The molecule has 0 aliphatic rings. The molecule has 0 atom stereocenters. The maximum absolute atomic E-state index is 12.1. The van der Waals surface area contributed by atoms with Gasteiger partial charge in [-0.1, -0.05) is 41.9 Å². The number of amides is 1. The molecule has 0 saturated heterocycles. The van der Waals surface area contributed by atoms with Gasteiger partial charge < -0.3 is 5.32 Å². The van der Waals surface area contributed by atoms with Gasteiger partial charge in [0.05, 0.1) is 12.7 Å². The number of nitrogens with one attached hydrogen (secondary N) is 1. The number of rotatable bonds is 8. The van der Waals surface area contributed by atoms with Crippen LogP contribution in [0.5, 0.6) is 0 Å². The zero-order valence-corrected chi connectivity index (χ0v) is 15.5. The van der Waals surface area contributed by atoms with Crippen molar-refractivity contribution < 1.29 is 9.59 Å². The maximum Gasteiger partial charge on any atom is 0.220 e. The molecule has 1 heterocycles. The van der Waals surface area contributed by atoms with Crippen LogP contribution in [0.4, 0.5) is 0 Å². The van der Waals surface area contributed by atoms with E-state index in [4.69, 9.17) is 11.6 Å². The van der Waals surface area contributed by atoms with E-state index in [9.17, 15) is 9.59 Å².